The van der Waals surface area contributed by atoms with Gasteiger partial charge in [-0.1, -0.05) is 12.1 Å². The first-order valence-corrected chi connectivity index (χ1v) is 15.6. The Hall–Kier alpha value is -3.32. The molecule has 9 nitrogen and oxygen atoms in total. The number of piperidine rings is 1. The van der Waals surface area contributed by atoms with Crippen LogP contribution in [-0.4, -0.2) is 68.4 Å². The predicted octanol–water partition coefficient (Wildman–Crippen LogP) is 4.68. The number of sulfonamides is 1. The van der Waals surface area contributed by atoms with Crippen LogP contribution in [0.5, 0.6) is 5.75 Å². The van der Waals surface area contributed by atoms with Crippen molar-refractivity contribution in [3.8, 4) is 16.2 Å². The number of hydrogen-bond acceptors (Lipinski definition) is 7. The van der Waals surface area contributed by atoms with E-state index in [1.165, 1.54) is 43.3 Å². The lowest BCUT2D eigenvalue weighted by molar-refractivity contribution is -0.124. The molecule has 41 heavy (non-hydrogen) atoms. The predicted molar refractivity (Wildman–Crippen MR) is 156 cm³/mol. The highest BCUT2D eigenvalue weighted by atomic mass is 32.2. The lowest BCUT2D eigenvalue weighted by atomic mass is 9.85. The Bertz CT molecular complexity index is 1580. The molecule has 0 bridgehead atoms. The van der Waals surface area contributed by atoms with Crippen LogP contribution in [0.25, 0.3) is 10.4 Å². The van der Waals surface area contributed by atoms with E-state index in [-0.39, 0.29) is 16.0 Å². The zero-order chi connectivity index (χ0) is 29.5. The highest BCUT2D eigenvalue weighted by Gasteiger charge is 2.55. The second-order valence-electron chi connectivity index (χ2n) is 10.8. The molecule has 218 valence electrons. The van der Waals surface area contributed by atoms with E-state index in [1.54, 1.807) is 6.07 Å². The number of carbonyl (C=O) groups is 2. The SMILES string of the molecule is CC(C)Oc1cccc(CN2CCC3(CC2)C(=O)NC(=O)N3c2cc(F)ccc2-c2ccc(S(=O)(=O)N(C)C)s2)c1. The first kappa shape index (κ1) is 29.2. The molecule has 0 aliphatic carbocycles. The number of nitrogens with zero attached hydrogens (tertiary/aromatic N) is 3. The number of amides is 3. The molecule has 1 spiro atoms. The average Bonchev–Trinajstić information content (AvgIpc) is 3.49. The topological polar surface area (TPSA) is 99.3 Å². The molecular formula is C29H33FN4O5S2. The van der Waals surface area contributed by atoms with Crippen LogP contribution in [-0.2, 0) is 21.4 Å². The molecule has 1 N–H and O–H groups in total. The van der Waals surface area contributed by atoms with Gasteiger partial charge in [0.1, 0.15) is 21.3 Å². The standard InChI is InChI=1S/C29H33FN4O5S2/c1-19(2)39-22-7-5-6-20(16-22)18-33-14-12-29(13-15-33)27(35)31-28(36)34(29)24-17-21(30)8-9-23(24)25-10-11-26(40-25)41(37,38)32(3)4/h5-11,16-17,19H,12-15,18H2,1-4H3,(H,31,35,36). The molecular weight excluding hydrogens is 567 g/mol. The van der Waals surface area contributed by atoms with Crippen LogP contribution >= 0.6 is 11.3 Å². The number of urea groups is 1. The average molecular weight is 601 g/mol. The van der Waals surface area contributed by atoms with E-state index in [4.69, 9.17) is 4.74 Å². The van der Waals surface area contributed by atoms with Gasteiger partial charge in [0.25, 0.3) is 15.9 Å². The molecule has 5 rings (SSSR count). The molecule has 0 saturated carbocycles. The Morgan fingerprint density at radius 2 is 1.80 bits per heavy atom. The van der Waals surface area contributed by atoms with Crippen LogP contribution < -0.4 is 15.0 Å². The van der Waals surface area contributed by atoms with Gasteiger partial charge in [-0.3, -0.25) is 19.9 Å². The smallest absolute Gasteiger partial charge is 0.329 e. The van der Waals surface area contributed by atoms with E-state index in [0.717, 1.165) is 27.0 Å². The van der Waals surface area contributed by atoms with E-state index >= 15 is 0 Å². The van der Waals surface area contributed by atoms with E-state index in [0.29, 0.717) is 42.9 Å². The van der Waals surface area contributed by atoms with Gasteiger partial charge in [0.2, 0.25) is 0 Å². The van der Waals surface area contributed by atoms with Gasteiger partial charge in [-0.05, 0) is 74.7 Å². The number of ether oxygens (including phenoxy) is 1. The number of likely N-dealkylation sites (tertiary alicyclic amines) is 1. The third-order valence-electron chi connectivity index (χ3n) is 7.42. The van der Waals surface area contributed by atoms with Crippen molar-refractivity contribution >= 4 is 39.0 Å². The molecule has 2 aromatic carbocycles. The second-order valence-corrected chi connectivity index (χ2v) is 14.2. The maximum Gasteiger partial charge on any atom is 0.329 e. The zero-order valence-corrected chi connectivity index (χ0v) is 25.0. The summed E-state index contributed by atoms with van der Waals surface area (Å²) in [4.78, 5) is 30.7. The van der Waals surface area contributed by atoms with Crippen LogP contribution in [0.3, 0.4) is 0 Å². The van der Waals surface area contributed by atoms with Crippen molar-refractivity contribution in [3.05, 3.63) is 66.0 Å². The molecule has 2 saturated heterocycles. The Morgan fingerprint density at radius 1 is 1.07 bits per heavy atom. The lowest BCUT2D eigenvalue weighted by Gasteiger charge is -2.42. The number of thiophene rings is 1. The summed E-state index contributed by atoms with van der Waals surface area (Å²) in [6.07, 6.45) is 0.774. The quantitative estimate of drug-likeness (QED) is 0.377. The van der Waals surface area contributed by atoms with Crippen LogP contribution in [0.15, 0.2) is 58.8 Å². The Balaban J connectivity index is 1.43. The fourth-order valence-electron chi connectivity index (χ4n) is 5.37. The van der Waals surface area contributed by atoms with Crippen LogP contribution in [0.4, 0.5) is 14.9 Å². The minimum atomic E-state index is -3.67. The van der Waals surface area contributed by atoms with Crippen molar-refractivity contribution < 1.29 is 27.1 Å². The monoisotopic (exact) mass is 600 g/mol. The molecule has 0 unspecified atom stereocenters. The molecule has 3 aromatic rings. The summed E-state index contributed by atoms with van der Waals surface area (Å²) in [5, 5.41) is 2.45. The van der Waals surface area contributed by atoms with Gasteiger partial charge in [-0.15, -0.1) is 11.3 Å². The summed E-state index contributed by atoms with van der Waals surface area (Å²) in [5.41, 5.74) is 0.604. The van der Waals surface area contributed by atoms with Gasteiger partial charge in [-0.25, -0.2) is 21.9 Å². The Labute approximate surface area is 243 Å². The van der Waals surface area contributed by atoms with Crippen molar-refractivity contribution in [1.82, 2.24) is 14.5 Å². The molecule has 2 aliphatic heterocycles. The Morgan fingerprint density at radius 3 is 2.49 bits per heavy atom. The number of hydrogen-bond donors (Lipinski definition) is 1. The van der Waals surface area contributed by atoms with E-state index in [9.17, 15) is 22.4 Å². The molecule has 12 heteroatoms. The van der Waals surface area contributed by atoms with Gasteiger partial charge < -0.3 is 4.74 Å². The number of benzene rings is 2. The van der Waals surface area contributed by atoms with Crippen molar-refractivity contribution in [1.29, 1.82) is 0 Å². The van der Waals surface area contributed by atoms with Gasteiger partial charge in [0.05, 0.1) is 11.8 Å². The first-order chi connectivity index (χ1) is 19.4. The third kappa shape index (κ3) is 5.61. The summed E-state index contributed by atoms with van der Waals surface area (Å²) in [7, 11) is -0.776. The van der Waals surface area contributed by atoms with E-state index in [1.807, 2.05) is 38.1 Å². The van der Waals surface area contributed by atoms with Gasteiger partial charge in [-0.2, -0.15) is 0 Å². The van der Waals surface area contributed by atoms with E-state index in [2.05, 4.69) is 10.2 Å². The molecule has 2 fully saturated rings. The van der Waals surface area contributed by atoms with Crippen molar-refractivity contribution in [2.45, 2.75) is 49.1 Å². The third-order valence-corrected chi connectivity index (χ3v) is 10.8. The minimum absolute atomic E-state index is 0.0651. The number of anilines is 1. The van der Waals surface area contributed by atoms with Gasteiger partial charge in [0.15, 0.2) is 0 Å². The van der Waals surface area contributed by atoms with Crippen molar-refractivity contribution in [3.63, 3.8) is 0 Å². The first-order valence-electron chi connectivity index (χ1n) is 13.4. The zero-order valence-electron chi connectivity index (χ0n) is 23.4. The summed E-state index contributed by atoms with van der Waals surface area (Å²) in [6, 6.07) is 14.4. The van der Waals surface area contributed by atoms with Crippen molar-refractivity contribution in [2.24, 2.45) is 0 Å². The molecule has 3 amide bonds. The number of carbonyl (C=O) groups excluding carboxylic acids is 2. The summed E-state index contributed by atoms with van der Waals surface area (Å²) >= 11 is 1.03. The summed E-state index contributed by atoms with van der Waals surface area (Å²) < 4.78 is 47.1. The van der Waals surface area contributed by atoms with E-state index < -0.39 is 33.3 Å². The van der Waals surface area contributed by atoms with Gasteiger partial charge in [0, 0.05) is 44.2 Å². The summed E-state index contributed by atoms with van der Waals surface area (Å²) in [5.74, 6) is -0.178. The highest BCUT2D eigenvalue weighted by molar-refractivity contribution is 7.91. The Kier molecular flexibility index (Phi) is 7.94. The van der Waals surface area contributed by atoms with Gasteiger partial charge >= 0.3 is 6.03 Å². The number of halogens is 1. The largest absolute Gasteiger partial charge is 0.491 e. The normalized spacial score (nSPS) is 17.6. The van der Waals surface area contributed by atoms with Crippen LogP contribution in [0, 0.1) is 5.82 Å². The highest BCUT2D eigenvalue weighted by Crippen LogP contribution is 2.44. The molecule has 1 aromatic heterocycles. The number of rotatable bonds is 8. The second kappa shape index (κ2) is 11.2. The fraction of sp³-hybridized carbons (Fsp3) is 0.379. The summed E-state index contributed by atoms with van der Waals surface area (Å²) in [6.45, 7) is 5.69. The van der Waals surface area contributed by atoms with Crippen LogP contribution in [0.1, 0.15) is 32.3 Å². The molecule has 2 aliphatic rings. The minimum Gasteiger partial charge on any atom is -0.491 e. The number of nitrogens with one attached hydrogen (secondary N) is 1. The maximum absolute atomic E-state index is 14.7. The maximum atomic E-state index is 14.7. The molecule has 3 heterocycles. The number of imide groups is 1. The van der Waals surface area contributed by atoms with Crippen LogP contribution in [0.2, 0.25) is 0 Å². The molecule has 0 atom stereocenters. The molecule has 0 radical (unpaired) electrons. The fourth-order valence-corrected chi connectivity index (χ4v) is 7.88. The van der Waals surface area contributed by atoms with Crippen molar-refractivity contribution in [2.75, 3.05) is 32.1 Å². The lowest BCUT2D eigenvalue weighted by Crippen LogP contribution is -2.56.